The normalized spacial score (nSPS) is 10.3. The molecule has 1 aromatic carbocycles. The van der Waals surface area contributed by atoms with Gasteiger partial charge in [0.15, 0.2) is 15.2 Å². The van der Waals surface area contributed by atoms with E-state index in [0.29, 0.717) is 10.9 Å². The number of thiazole rings is 1. The molecule has 0 amide bonds. The second kappa shape index (κ2) is 6.95. The van der Waals surface area contributed by atoms with Gasteiger partial charge in [-0.05, 0) is 37.9 Å². The number of hydrogen-bond donors (Lipinski definition) is 1. The Morgan fingerprint density at radius 1 is 1.33 bits per heavy atom. The minimum atomic E-state index is -0.516. The molecule has 0 atom stereocenters. The molecule has 2 aromatic rings. The molecule has 112 valence electrons. The molecule has 0 fully saturated rings. The Labute approximate surface area is 146 Å². The maximum atomic E-state index is 11.5. The van der Waals surface area contributed by atoms with Crippen molar-refractivity contribution in [2.75, 3.05) is 19.5 Å². The van der Waals surface area contributed by atoms with Gasteiger partial charge in [-0.3, -0.25) is 0 Å². The van der Waals surface area contributed by atoms with Gasteiger partial charge in [0.1, 0.15) is 5.75 Å². The largest absolute Gasteiger partial charge is 0.495 e. The van der Waals surface area contributed by atoms with Crippen LogP contribution in [0.2, 0.25) is 5.15 Å². The molecule has 0 radical (unpaired) electrons. The number of aromatic nitrogens is 1. The van der Waals surface area contributed by atoms with Crippen LogP contribution in [0.5, 0.6) is 5.75 Å². The van der Waals surface area contributed by atoms with Crippen molar-refractivity contribution in [3.8, 4) is 5.75 Å². The number of ether oxygens (including phenoxy) is 2. The van der Waals surface area contributed by atoms with Gasteiger partial charge in [0.25, 0.3) is 0 Å². The third-order valence-corrected chi connectivity index (χ3v) is 5.05. The zero-order valence-electron chi connectivity index (χ0n) is 10.9. The van der Waals surface area contributed by atoms with Gasteiger partial charge < -0.3 is 14.8 Å². The molecule has 2 rings (SSSR count). The molecule has 0 saturated heterocycles. The predicted octanol–water partition coefficient (Wildman–Crippen LogP) is 4.86. The first-order valence-corrected chi connectivity index (χ1v) is 8.29. The van der Waals surface area contributed by atoms with Crippen LogP contribution in [0.25, 0.3) is 0 Å². The fraction of sp³-hybridized carbons (Fsp3) is 0.167. The number of carbonyl (C=O) groups excluding carboxylic acids is 1. The first-order chi connectivity index (χ1) is 9.96. The molecule has 0 spiro atoms. The monoisotopic (exact) mass is 454 g/mol. The van der Waals surface area contributed by atoms with E-state index in [-0.39, 0.29) is 10.0 Å². The summed E-state index contributed by atoms with van der Waals surface area (Å²) >= 11 is 13.9. The van der Waals surface area contributed by atoms with Gasteiger partial charge in [-0.15, -0.1) is 0 Å². The number of nitrogens with one attached hydrogen (secondary N) is 1. The van der Waals surface area contributed by atoms with Crippen LogP contribution in [-0.2, 0) is 4.74 Å². The van der Waals surface area contributed by atoms with Gasteiger partial charge in [-0.1, -0.05) is 22.9 Å². The van der Waals surface area contributed by atoms with Crippen LogP contribution in [0.4, 0.5) is 10.8 Å². The highest BCUT2D eigenvalue weighted by Crippen LogP contribution is 2.37. The van der Waals surface area contributed by atoms with Crippen LogP contribution in [-0.4, -0.2) is 25.2 Å². The van der Waals surface area contributed by atoms with E-state index in [1.165, 1.54) is 7.11 Å². The number of rotatable bonds is 4. The van der Waals surface area contributed by atoms with Crippen molar-refractivity contribution in [1.29, 1.82) is 0 Å². The maximum absolute atomic E-state index is 11.5. The van der Waals surface area contributed by atoms with Crippen molar-refractivity contribution < 1.29 is 14.3 Å². The van der Waals surface area contributed by atoms with E-state index in [1.54, 1.807) is 13.2 Å². The summed E-state index contributed by atoms with van der Waals surface area (Å²) in [6.07, 6.45) is 0. The SMILES string of the molecule is COC(=O)c1sc(Nc2cc(OC)c(Br)cc2Br)nc1Cl. The molecule has 0 aliphatic rings. The van der Waals surface area contributed by atoms with Crippen LogP contribution in [0.3, 0.4) is 0 Å². The third kappa shape index (κ3) is 3.68. The maximum Gasteiger partial charge on any atom is 0.351 e. The van der Waals surface area contributed by atoms with Crippen LogP contribution >= 0.6 is 54.8 Å². The predicted molar refractivity (Wildman–Crippen MR) is 90.1 cm³/mol. The number of anilines is 2. The molecule has 5 nitrogen and oxygen atoms in total. The number of nitrogens with zero attached hydrogens (tertiary/aromatic N) is 1. The molecule has 0 aliphatic heterocycles. The lowest BCUT2D eigenvalue weighted by Crippen LogP contribution is -1.98. The summed E-state index contributed by atoms with van der Waals surface area (Å²) in [6.45, 7) is 0. The average molecular weight is 457 g/mol. The summed E-state index contributed by atoms with van der Waals surface area (Å²) in [7, 11) is 2.87. The highest BCUT2D eigenvalue weighted by molar-refractivity contribution is 9.11. The van der Waals surface area contributed by atoms with E-state index in [4.69, 9.17) is 16.3 Å². The van der Waals surface area contributed by atoms with Crippen molar-refractivity contribution in [1.82, 2.24) is 4.98 Å². The van der Waals surface area contributed by atoms with Crippen molar-refractivity contribution in [3.63, 3.8) is 0 Å². The molecule has 0 saturated carbocycles. The quantitative estimate of drug-likeness (QED) is 0.666. The summed E-state index contributed by atoms with van der Waals surface area (Å²) in [5, 5.41) is 3.67. The fourth-order valence-electron chi connectivity index (χ4n) is 1.47. The lowest BCUT2D eigenvalue weighted by atomic mass is 10.3. The van der Waals surface area contributed by atoms with Crippen LogP contribution < -0.4 is 10.1 Å². The average Bonchev–Trinajstić information content (AvgIpc) is 2.81. The first-order valence-electron chi connectivity index (χ1n) is 5.51. The molecule has 0 aliphatic carbocycles. The number of benzene rings is 1. The van der Waals surface area contributed by atoms with E-state index < -0.39 is 5.97 Å². The Balaban J connectivity index is 2.32. The van der Waals surface area contributed by atoms with Gasteiger partial charge in [0, 0.05) is 10.5 Å². The minimum Gasteiger partial charge on any atom is -0.495 e. The zero-order chi connectivity index (χ0) is 15.6. The van der Waals surface area contributed by atoms with Crippen molar-refractivity contribution in [3.05, 3.63) is 31.1 Å². The van der Waals surface area contributed by atoms with Crippen molar-refractivity contribution in [2.45, 2.75) is 0 Å². The summed E-state index contributed by atoms with van der Waals surface area (Å²) in [5.74, 6) is 0.148. The lowest BCUT2D eigenvalue weighted by Gasteiger charge is -2.09. The zero-order valence-corrected chi connectivity index (χ0v) is 15.6. The first kappa shape index (κ1) is 16.5. The summed E-state index contributed by atoms with van der Waals surface area (Å²) in [5.41, 5.74) is 0.733. The van der Waals surface area contributed by atoms with Crippen LogP contribution in [0.15, 0.2) is 21.1 Å². The van der Waals surface area contributed by atoms with Gasteiger partial charge in [0.2, 0.25) is 0 Å². The number of hydrogen-bond acceptors (Lipinski definition) is 6. The Bertz CT molecular complexity index is 693. The molecule has 1 heterocycles. The number of methoxy groups -OCH3 is 2. The molecule has 21 heavy (non-hydrogen) atoms. The topological polar surface area (TPSA) is 60.5 Å². The Kier molecular flexibility index (Phi) is 5.48. The Hall–Kier alpha value is -0.830. The van der Waals surface area contributed by atoms with E-state index in [1.807, 2.05) is 6.07 Å². The van der Waals surface area contributed by atoms with Crippen LogP contribution in [0, 0.1) is 0 Å². The smallest absolute Gasteiger partial charge is 0.351 e. The van der Waals surface area contributed by atoms with Crippen LogP contribution in [0.1, 0.15) is 9.67 Å². The molecule has 0 unspecified atom stereocenters. The van der Waals surface area contributed by atoms with E-state index in [0.717, 1.165) is 26.0 Å². The molecule has 1 aromatic heterocycles. The van der Waals surface area contributed by atoms with Crippen molar-refractivity contribution in [2.24, 2.45) is 0 Å². The molecule has 9 heteroatoms. The molecular formula is C12H9Br2ClN2O3S. The van der Waals surface area contributed by atoms with Crippen molar-refractivity contribution >= 4 is 71.6 Å². The Morgan fingerprint density at radius 2 is 2.05 bits per heavy atom. The second-order valence-electron chi connectivity index (χ2n) is 3.72. The van der Waals surface area contributed by atoms with E-state index in [9.17, 15) is 4.79 Å². The number of carbonyl (C=O) groups is 1. The molecular weight excluding hydrogens is 447 g/mol. The minimum absolute atomic E-state index is 0.106. The highest BCUT2D eigenvalue weighted by Gasteiger charge is 2.18. The molecule has 0 bridgehead atoms. The summed E-state index contributed by atoms with van der Waals surface area (Å²) in [6, 6.07) is 3.64. The van der Waals surface area contributed by atoms with E-state index in [2.05, 4.69) is 46.9 Å². The summed E-state index contributed by atoms with van der Waals surface area (Å²) < 4.78 is 11.5. The van der Waals surface area contributed by atoms with E-state index >= 15 is 0 Å². The summed E-state index contributed by atoms with van der Waals surface area (Å²) in [4.78, 5) is 15.9. The fourth-order valence-corrected chi connectivity index (χ4v) is 3.84. The number of esters is 1. The standard InChI is InChI=1S/C12H9Br2ClN2O3S/c1-19-8-4-7(5(13)3-6(8)14)16-12-17-10(15)9(21-12)11(18)20-2/h3-4H,1-2H3,(H,16,17). The lowest BCUT2D eigenvalue weighted by molar-refractivity contribution is 0.0606. The molecule has 1 N–H and O–H groups in total. The Morgan fingerprint density at radius 3 is 2.67 bits per heavy atom. The van der Waals surface area contributed by atoms with Gasteiger partial charge in [-0.25, -0.2) is 9.78 Å². The third-order valence-electron chi connectivity index (χ3n) is 2.44. The van der Waals surface area contributed by atoms with Gasteiger partial charge in [0.05, 0.1) is 24.4 Å². The van der Waals surface area contributed by atoms with Gasteiger partial charge >= 0.3 is 5.97 Å². The van der Waals surface area contributed by atoms with Gasteiger partial charge in [-0.2, -0.15) is 0 Å². The highest BCUT2D eigenvalue weighted by atomic mass is 79.9. The second-order valence-corrected chi connectivity index (χ2v) is 6.79. The number of halogens is 3.